The van der Waals surface area contributed by atoms with Gasteiger partial charge in [0.05, 0.1) is 6.54 Å². The minimum Gasteiger partial charge on any atom is -0.451 e. The first-order valence-electron chi connectivity index (χ1n) is 5.13. The summed E-state index contributed by atoms with van der Waals surface area (Å²) in [6, 6.07) is 0. The van der Waals surface area contributed by atoms with Crippen molar-refractivity contribution in [2.24, 2.45) is 0 Å². The fourth-order valence-corrected chi connectivity index (χ4v) is 1.71. The van der Waals surface area contributed by atoms with Crippen LogP contribution in [0.1, 0.15) is 17.4 Å². The van der Waals surface area contributed by atoms with Crippen LogP contribution in [0.3, 0.4) is 0 Å². The molecule has 0 saturated carbocycles. The molecule has 0 radical (unpaired) electrons. The summed E-state index contributed by atoms with van der Waals surface area (Å²) in [6.45, 7) is 0.961. The Labute approximate surface area is 113 Å². The van der Waals surface area contributed by atoms with Gasteiger partial charge in [-0.15, -0.1) is 17.8 Å². The highest BCUT2D eigenvalue weighted by Crippen LogP contribution is 2.15. The van der Waals surface area contributed by atoms with E-state index in [0.717, 1.165) is 11.3 Å². The van der Waals surface area contributed by atoms with Crippen LogP contribution in [0.25, 0.3) is 0 Å². The molecule has 2 N–H and O–H groups in total. The van der Waals surface area contributed by atoms with Crippen molar-refractivity contribution >= 4 is 34.3 Å². The predicted octanol–water partition coefficient (Wildman–Crippen LogP) is 0.00770. The maximum absolute atomic E-state index is 11.5. The second-order valence-corrected chi connectivity index (χ2v) is 4.13. The third-order valence-corrected chi connectivity index (χ3v) is 2.48. The number of anilines is 1. The number of aromatic nitrogens is 1. The monoisotopic (exact) mass is 281 g/mol. The first-order chi connectivity index (χ1) is 9.02. The Kier molecular flexibility index (Phi) is 5.50. The summed E-state index contributed by atoms with van der Waals surface area (Å²) in [4.78, 5) is 37.3. The average Bonchev–Trinajstić information content (AvgIpc) is 2.81. The minimum absolute atomic E-state index is 0.0264. The highest BCUT2D eigenvalue weighted by Gasteiger charge is 2.14. The zero-order valence-electron chi connectivity index (χ0n) is 10.1. The molecule has 7 nitrogen and oxygen atoms in total. The SMILES string of the molecule is C#CCNC(=O)COC(=O)c1csc(NC(C)=O)n1. The van der Waals surface area contributed by atoms with Gasteiger partial charge in [0.25, 0.3) is 5.91 Å². The van der Waals surface area contributed by atoms with Crippen LogP contribution < -0.4 is 10.6 Å². The quantitative estimate of drug-likeness (QED) is 0.585. The summed E-state index contributed by atoms with van der Waals surface area (Å²) < 4.78 is 4.72. The van der Waals surface area contributed by atoms with Crippen LogP contribution in [0.4, 0.5) is 5.13 Å². The van der Waals surface area contributed by atoms with Crippen LogP contribution in [-0.2, 0) is 14.3 Å². The van der Waals surface area contributed by atoms with Gasteiger partial charge in [-0.25, -0.2) is 9.78 Å². The van der Waals surface area contributed by atoms with Crippen LogP contribution in [0.15, 0.2) is 5.38 Å². The lowest BCUT2D eigenvalue weighted by molar-refractivity contribution is -0.124. The molecule has 0 aliphatic carbocycles. The fraction of sp³-hybridized carbons (Fsp3) is 0.273. The lowest BCUT2D eigenvalue weighted by atomic mass is 10.5. The highest BCUT2D eigenvalue weighted by atomic mass is 32.1. The second kappa shape index (κ2) is 7.13. The number of terminal acetylenes is 1. The van der Waals surface area contributed by atoms with Gasteiger partial charge in [0.15, 0.2) is 17.4 Å². The Morgan fingerprint density at radius 3 is 2.89 bits per heavy atom. The Balaban J connectivity index is 2.45. The van der Waals surface area contributed by atoms with Gasteiger partial charge in [-0.2, -0.15) is 0 Å². The van der Waals surface area contributed by atoms with E-state index < -0.39 is 18.5 Å². The van der Waals surface area contributed by atoms with Crippen molar-refractivity contribution in [3.8, 4) is 12.3 Å². The normalized spacial score (nSPS) is 9.26. The molecule has 0 unspecified atom stereocenters. The van der Waals surface area contributed by atoms with Crippen molar-refractivity contribution in [3.05, 3.63) is 11.1 Å². The minimum atomic E-state index is -0.747. The van der Waals surface area contributed by atoms with Crippen molar-refractivity contribution in [2.45, 2.75) is 6.92 Å². The van der Waals surface area contributed by atoms with Gasteiger partial charge < -0.3 is 15.4 Å². The van der Waals surface area contributed by atoms with Gasteiger partial charge in [0.2, 0.25) is 5.91 Å². The first-order valence-corrected chi connectivity index (χ1v) is 6.01. The number of rotatable bonds is 5. The molecule has 1 rings (SSSR count). The van der Waals surface area contributed by atoms with Crippen LogP contribution in [-0.4, -0.2) is 35.9 Å². The first kappa shape index (κ1) is 14.7. The lowest BCUT2D eigenvalue weighted by Crippen LogP contribution is -2.29. The summed E-state index contributed by atoms with van der Waals surface area (Å²) in [6.07, 6.45) is 4.95. The molecule has 0 aliphatic rings. The molecule has 0 saturated heterocycles. The third-order valence-electron chi connectivity index (χ3n) is 1.72. The summed E-state index contributed by atoms with van der Waals surface area (Å²) in [7, 11) is 0. The zero-order chi connectivity index (χ0) is 14.3. The Morgan fingerprint density at radius 1 is 1.53 bits per heavy atom. The predicted molar refractivity (Wildman–Crippen MR) is 68.5 cm³/mol. The van der Waals surface area contributed by atoms with Gasteiger partial charge in [-0.3, -0.25) is 9.59 Å². The largest absolute Gasteiger partial charge is 0.451 e. The van der Waals surface area contributed by atoms with Crippen LogP contribution in [0.2, 0.25) is 0 Å². The molecule has 0 fully saturated rings. The lowest BCUT2D eigenvalue weighted by Gasteiger charge is -2.02. The zero-order valence-corrected chi connectivity index (χ0v) is 10.9. The molecule has 100 valence electrons. The molecular weight excluding hydrogens is 270 g/mol. The average molecular weight is 281 g/mol. The van der Waals surface area contributed by atoms with E-state index in [4.69, 9.17) is 11.2 Å². The molecule has 8 heteroatoms. The van der Waals surface area contributed by atoms with E-state index in [9.17, 15) is 14.4 Å². The van der Waals surface area contributed by atoms with Gasteiger partial charge in [0, 0.05) is 12.3 Å². The molecule has 1 aromatic rings. The summed E-state index contributed by atoms with van der Waals surface area (Å²) in [5, 5.41) is 6.49. The van der Waals surface area contributed by atoms with Crippen molar-refractivity contribution in [2.75, 3.05) is 18.5 Å². The van der Waals surface area contributed by atoms with E-state index >= 15 is 0 Å². The number of esters is 1. The van der Waals surface area contributed by atoms with Gasteiger partial charge >= 0.3 is 5.97 Å². The van der Waals surface area contributed by atoms with Crippen LogP contribution >= 0.6 is 11.3 Å². The highest BCUT2D eigenvalue weighted by molar-refractivity contribution is 7.14. The smallest absolute Gasteiger partial charge is 0.358 e. The Hall–Kier alpha value is -2.40. The van der Waals surface area contributed by atoms with Crippen molar-refractivity contribution in [1.82, 2.24) is 10.3 Å². The van der Waals surface area contributed by atoms with Crippen molar-refractivity contribution in [3.63, 3.8) is 0 Å². The molecule has 0 aromatic carbocycles. The van der Waals surface area contributed by atoms with E-state index in [-0.39, 0.29) is 23.3 Å². The number of hydrogen-bond donors (Lipinski definition) is 2. The van der Waals surface area contributed by atoms with Crippen molar-refractivity contribution in [1.29, 1.82) is 0 Å². The second-order valence-electron chi connectivity index (χ2n) is 3.28. The van der Waals surface area contributed by atoms with E-state index in [2.05, 4.69) is 21.5 Å². The maximum Gasteiger partial charge on any atom is 0.358 e. The van der Waals surface area contributed by atoms with E-state index in [1.807, 2.05) is 0 Å². The molecule has 2 amide bonds. The fourth-order valence-electron chi connectivity index (χ4n) is 0.981. The Bertz CT molecular complexity index is 532. The topological polar surface area (TPSA) is 97.4 Å². The Morgan fingerprint density at radius 2 is 2.26 bits per heavy atom. The number of ether oxygens (including phenoxy) is 1. The molecular formula is C11H11N3O4S. The van der Waals surface area contributed by atoms with Crippen LogP contribution in [0, 0.1) is 12.3 Å². The number of hydrogen-bond acceptors (Lipinski definition) is 6. The number of nitrogens with one attached hydrogen (secondary N) is 2. The number of nitrogens with zero attached hydrogens (tertiary/aromatic N) is 1. The molecule has 1 heterocycles. The molecule has 0 bridgehead atoms. The summed E-state index contributed by atoms with van der Waals surface area (Å²) in [5.41, 5.74) is 0.0264. The third kappa shape index (κ3) is 5.18. The number of amides is 2. The van der Waals surface area contributed by atoms with E-state index in [0.29, 0.717) is 0 Å². The molecule has 1 aromatic heterocycles. The van der Waals surface area contributed by atoms with E-state index in [1.165, 1.54) is 12.3 Å². The van der Waals surface area contributed by atoms with Crippen molar-refractivity contribution < 1.29 is 19.1 Å². The molecule has 0 atom stereocenters. The molecule has 0 spiro atoms. The standard InChI is InChI=1S/C11H11N3O4S/c1-3-4-12-9(16)5-18-10(17)8-6-19-11(14-8)13-7(2)15/h1,6H,4-5H2,2H3,(H,12,16)(H,13,14,15). The van der Waals surface area contributed by atoms with Gasteiger partial charge in [-0.05, 0) is 0 Å². The van der Waals surface area contributed by atoms with E-state index in [1.54, 1.807) is 0 Å². The van der Waals surface area contributed by atoms with Gasteiger partial charge in [-0.1, -0.05) is 5.92 Å². The number of carbonyl (C=O) groups excluding carboxylic acids is 3. The molecule has 19 heavy (non-hydrogen) atoms. The summed E-state index contributed by atoms with van der Waals surface area (Å²) in [5.74, 6) is 0.684. The number of carbonyl (C=O) groups is 3. The summed E-state index contributed by atoms with van der Waals surface area (Å²) >= 11 is 1.08. The maximum atomic E-state index is 11.5. The van der Waals surface area contributed by atoms with Crippen LogP contribution in [0.5, 0.6) is 0 Å². The van der Waals surface area contributed by atoms with Gasteiger partial charge in [0.1, 0.15) is 0 Å². The molecule has 0 aliphatic heterocycles. The number of thiazole rings is 1.